The van der Waals surface area contributed by atoms with E-state index in [0.29, 0.717) is 18.5 Å². The smallest absolute Gasteiger partial charge is 0.251 e. The van der Waals surface area contributed by atoms with Gasteiger partial charge in [-0.25, -0.2) is 0 Å². The van der Waals surface area contributed by atoms with Gasteiger partial charge in [0.05, 0.1) is 0 Å². The summed E-state index contributed by atoms with van der Waals surface area (Å²) in [6.07, 6.45) is 3.49. The Labute approximate surface area is 169 Å². The third kappa shape index (κ3) is 8.10. The van der Waals surface area contributed by atoms with Gasteiger partial charge in [-0.1, -0.05) is 36.4 Å². The molecule has 2 N–H and O–H groups in total. The van der Waals surface area contributed by atoms with Crippen LogP contribution in [-0.4, -0.2) is 42.2 Å². The summed E-state index contributed by atoms with van der Waals surface area (Å²) in [5.74, 6) is 1.43. The fraction of sp³-hybridized carbons (Fsp3) is 0.333. The lowest BCUT2D eigenvalue weighted by Crippen LogP contribution is -2.47. The predicted molar refractivity (Wildman–Crippen MR) is 115 cm³/mol. The maximum Gasteiger partial charge on any atom is 0.251 e. The van der Waals surface area contributed by atoms with E-state index in [4.69, 9.17) is 0 Å². The minimum Gasteiger partial charge on any atom is -0.354 e. The van der Waals surface area contributed by atoms with Gasteiger partial charge in [-0.3, -0.25) is 9.59 Å². The monoisotopic (exact) mass is 402 g/mol. The highest BCUT2D eigenvalue weighted by Crippen LogP contribution is 2.17. The Bertz CT molecular complexity index is 696. The number of amides is 2. The molecule has 0 aromatic heterocycles. The number of rotatable bonds is 11. The molecular formula is C21H26N2O2S2. The molecule has 0 aliphatic carbocycles. The maximum atomic E-state index is 12.5. The van der Waals surface area contributed by atoms with E-state index in [-0.39, 0.29) is 11.8 Å². The molecule has 0 saturated heterocycles. The summed E-state index contributed by atoms with van der Waals surface area (Å²) in [6, 6.07) is 18.7. The van der Waals surface area contributed by atoms with Gasteiger partial charge < -0.3 is 10.6 Å². The molecule has 0 spiro atoms. The van der Waals surface area contributed by atoms with Gasteiger partial charge in [0.15, 0.2) is 0 Å². The average Bonchev–Trinajstić information content (AvgIpc) is 2.72. The summed E-state index contributed by atoms with van der Waals surface area (Å²) in [5, 5.41) is 5.82. The zero-order chi connectivity index (χ0) is 19.3. The van der Waals surface area contributed by atoms with E-state index >= 15 is 0 Å². The second kappa shape index (κ2) is 12.5. The largest absolute Gasteiger partial charge is 0.354 e. The lowest BCUT2D eigenvalue weighted by atomic mass is 10.1. The van der Waals surface area contributed by atoms with Gasteiger partial charge in [0.25, 0.3) is 5.91 Å². The number of thioether (sulfide) groups is 2. The summed E-state index contributed by atoms with van der Waals surface area (Å²) >= 11 is 3.44. The molecule has 2 aromatic rings. The zero-order valence-corrected chi connectivity index (χ0v) is 17.2. The first-order valence-electron chi connectivity index (χ1n) is 9.01. The Hall–Kier alpha value is -1.92. The van der Waals surface area contributed by atoms with Gasteiger partial charge in [-0.05, 0) is 54.9 Å². The Morgan fingerprint density at radius 3 is 2.30 bits per heavy atom. The van der Waals surface area contributed by atoms with E-state index in [1.54, 1.807) is 35.7 Å². The van der Waals surface area contributed by atoms with Crippen molar-refractivity contribution >= 4 is 35.3 Å². The second-order valence-corrected chi connectivity index (χ2v) is 8.13. The van der Waals surface area contributed by atoms with Crippen LogP contribution in [0.25, 0.3) is 0 Å². The van der Waals surface area contributed by atoms with Crippen LogP contribution in [0.3, 0.4) is 0 Å². The fourth-order valence-electron chi connectivity index (χ4n) is 2.45. The van der Waals surface area contributed by atoms with Crippen LogP contribution in [0.1, 0.15) is 23.2 Å². The van der Waals surface area contributed by atoms with Crippen LogP contribution in [-0.2, 0) is 4.79 Å². The Kier molecular flexibility index (Phi) is 9.87. The van der Waals surface area contributed by atoms with Crippen molar-refractivity contribution in [1.29, 1.82) is 0 Å². The third-order valence-electron chi connectivity index (χ3n) is 3.90. The molecule has 0 radical (unpaired) electrons. The first-order valence-corrected chi connectivity index (χ1v) is 11.4. The fourth-order valence-corrected chi connectivity index (χ4v) is 3.79. The molecule has 27 heavy (non-hydrogen) atoms. The van der Waals surface area contributed by atoms with E-state index in [1.165, 1.54) is 4.90 Å². The molecule has 4 nitrogen and oxygen atoms in total. The molecule has 0 fully saturated rings. The molecule has 0 aliphatic rings. The zero-order valence-electron chi connectivity index (χ0n) is 15.5. The van der Waals surface area contributed by atoms with Crippen LogP contribution in [0.15, 0.2) is 65.6 Å². The molecule has 2 amide bonds. The van der Waals surface area contributed by atoms with Gasteiger partial charge in [-0.15, -0.1) is 11.8 Å². The Balaban J connectivity index is 1.76. The van der Waals surface area contributed by atoms with Crippen LogP contribution in [0.5, 0.6) is 0 Å². The van der Waals surface area contributed by atoms with E-state index in [2.05, 4.69) is 22.8 Å². The standard InChI is InChI=1S/C21H26N2O2S2/c1-26-16-13-19(23-20(24)17-9-4-2-5-10-17)21(25)22-14-8-15-27-18-11-6-3-7-12-18/h2-7,9-12,19H,8,13-16H2,1H3,(H,22,25)(H,23,24)/t19-/m0/s1. The quantitative estimate of drug-likeness (QED) is 0.443. The highest BCUT2D eigenvalue weighted by Gasteiger charge is 2.20. The van der Waals surface area contributed by atoms with Crippen LogP contribution >= 0.6 is 23.5 Å². The maximum absolute atomic E-state index is 12.5. The van der Waals surface area contributed by atoms with Crippen LogP contribution in [0.4, 0.5) is 0 Å². The van der Waals surface area contributed by atoms with Crippen molar-refractivity contribution in [2.75, 3.05) is 24.3 Å². The highest BCUT2D eigenvalue weighted by atomic mass is 32.2. The van der Waals surface area contributed by atoms with E-state index in [1.807, 2.05) is 42.7 Å². The molecule has 1 atom stereocenters. The van der Waals surface area contributed by atoms with Gasteiger partial charge in [0, 0.05) is 17.0 Å². The second-order valence-electron chi connectivity index (χ2n) is 5.98. The number of hydrogen-bond acceptors (Lipinski definition) is 4. The van der Waals surface area contributed by atoms with E-state index < -0.39 is 6.04 Å². The van der Waals surface area contributed by atoms with Crippen molar-refractivity contribution in [3.05, 3.63) is 66.2 Å². The van der Waals surface area contributed by atoms with Crippen LogP contribution in [0.2, 0.25) is 0 Å². The van der Waals surface area contributed by atoms with Crippen molar-refractivity contribution in [3.8, 4) is 0 Å². The van der Waals surface area contributed by atoms with E-state index in [9.17, 15) is 9.59 Å². The summed E-state index contributed by atoms with van der Waals surface area (Å²) < 4.78 is 0. The highest BCUT2D eigenvalue weighted by molar-refractivity contribution is 7.99. The molecule has 2 aromatic carbocycles. The summed E-state index contributed by atoms with van der Waals surface area (Å²) in [5.41, 5.74) is 0.568. The minimum absolute atomic E-state index is 0.113. The molecule has 0 unspecified atom stereocenters. The summed E-state index contributed by atoms with van der Waals surface area (Å²) in [6.45, 7) is 0.607. The molecule has 0 saturated carbocycles. The molecule has 144 valence electrons. The first-order chi connectivity index (χ1) is 13.2. The number of hydrogen-bond donors (Lipinski definition) is 2. The number of carbonyl (C=O) groups is 2. The average molecular weight is 403 g/mol. The first kappa shape index (κ1) is 21.4. The number of nitrogens with one attached hydrogen (secondary N) is 2. The predicted octanol–water partition coefficient (Wildman–Crippen LogP) is 3.84. The van der Waals surface area contributed by atoms with Gasteiger partial charge in [0.1, 0.15) is 6.04 Å². The van der Waals surface area contributed by atoms with Crippen LogP contribution < -0.4 is 10.6 Å². The van der Waals surface area contributed by atoms with Gasteiger partial charge >= 0.3 is 0 Å². The molecule has 0 aliphatic heterocycles. The van der Waals surface area contributed by atoms with Gasteiger partial charge in [-0.2, -0.15) is 11.8 Å². The normalized spacial score (nSPS) is 11.6. The topological polar surface area (TPSA) is 58.2 Å². The Morgan fingerprint density at radius 1 is 0.963 bits per heavy atom. The summed E-state index contributed by atoms with van der Waals surface area (Å²) in [4.78, 5) is 26.1. The molecule has 6 heteroatoms. The van der Waals surface area contributed by atoms with Crippen molar-refractivity contribution in [2.24, 2.45) is 0 Å². The van der Waals surface area contributed by atoms with Crippen LogP contribution in [0, 0.1) is 0 Å². The minimum atomic E-state index is -0.507. The molecular weight excluding hydrogens is 376 g/mol. The van der Waals surface area contributed by atoms with Gasteiger partial charge in [0.2, 0.25) is 5.91 Å². The lowest BCUT2D eigenvalue weighted by molar-refractivity contribution is -0.123. The summed E-state index contributed by atoms with van der Waals surface area (Å²) in [7, 11) is 0. The lowest BCUT2D eigenvalue weighted by Gasteiger charge is -2.18. The van der Waals surface area contributed by atoms with Crippen molar-refractivity contribution < 1.29 is 9.59 Å². The third-order valence-corrected chi connectivity index (χ3v) is 5.64. The molecule has 0 heterocycles. The molecule has 0 bridgehead atoms. The van der Waals surface area contributed by atoms with Crippen molar-refractivity contribution in [2.45, 2.75) is 23.8 Å². The van der Waals surface area contributed by atoms with E-state index in [0.717, 1.165) is 17.9 Å². The number of benzene rings is 2. The van der Waals surface area contributed by atoms with Crippen molar-refractivity contribution in [1.82, 2.24) is 10.6 Å². The SMILES string of the molecule is CSCC[C@H](NC(=O)c1ccccc1)C(=O)NCCCSc1ccccc1. The number of carbonyl (C=O) groups excluding carboxylic acids is 2. The molecule has 2 rings (SSSR count). The van der Waals surface area contributed by atoms with Crippen molar-refractivity contribution in [3.63, 3.8) is 0 Å². The Morgan fingerprint density at radius 2 is 1.63 bits per heavy atom.